The fraction of sp³-hybridized carbons (Fsp3) is 0.769. The molecular formula is C13H21N3OS. The first-order chi connectivity index (χ1) is 8.83. The number of nitrogens with zero attached hydrogens (tertiary/aromatic N) is 3. The van der Waals surface area contributed by atoms with Crippen molar-refractivity contribution >= 4 is 11.3 Å². The first kappa shape index (κ1) is 12.5. The van der Waals surface area contributed by atoms with Gasteiger partial charge in [-0.25, -0.2) is 4.98 Å². The molecule has 5 heteroatoms. The van der Waals surface area contributed by atoms with Crippen molar-refractivity contribution < 1.29 is 5.11 Å². The second kappa shape index (κ2) is 5.65. The van der Waals surface area contributed by atoms with Gasteiger partial charge in [-0.15, -0.1) is 11.3 Å². The first-order valence-corrected chi connectivity index (χ1v) is 7.74. The van der Waals surface area contributed by atoms with Gasteiger partial charge in [0.25, 0.3) is 0 Å². The van der Waals surface area contributed by atoms with E-state index in [1.54, 1.807) is 11.3 Å². The number of thiazole rings is 1. The molecule has 4 nitrogen and oxygen atoms in total. The summed E-state index contributed by atoms with van der Waals surface area (Å²) in [5.74, 6) is 0. The fourth-order valence-electron chi connectivity index (χ4n) is 3.11. The molecule has 0 radical (unpaired) electrons. The smallest absolute Gasteiger partial charge is 0.107 e. The van der Waals surface area contributed by atoms with Crippen LogP contribution >= 0.6 is 11.3 Å². The monoisotopic (exact) mass is 267 g/mol. The van der Waals surface area contributed by atoms with Crippen LogP contribution in [-0.4, -0.2) is 58.2 Å². The van der Waals surface area contributed by atoms with Gasteiger partial charge in [0, 0.05) is 30.7 Å². The van der Waals surface area contributed by atoms with E-state index >= 15 is 0 Å². The van der Waals surface area contributed by atoms with Crippen LogP contribution in [-0.2, 0) is 6.54 Å². The highest BCUT2D eigenvalue weighted by Gasteiger charge is 2.35. The molecule has 18 heavy (non-hydrogen) atoms. The summed E-state index contributed by atoms with van der Waals surface area (Å²) in [7, 11) is 0. The summed E-state index contributed by atoms with van der Waals surface area (Å²) in [6.07, 6.45) is 5.59. The van der Waals surface area contributed by atoms with Gasteiger partial charge in [-0.2, -0.15) is 0 Å². The van der Waals surface area contributed by atoms with Crippen LogP contribution in [0.3, 0.4) is 0 Å². The van der Waals surface area contributed by atoms with Crippen molar-refractivity contribution in [3.8, 4) is 0 Å². The summed E-state index contributed by atoms with van der Waals surface area (Å²) >= 11 is 1.70. The second-order valence-corrected chi connectivity index (χ2v) is 6.33. The lowest BCUT2D eigenvalue weighted by Crippen LogP contribution is -2.45. The number of aliphatic hydroxyl groups excluding tert-OH is 1. The number of β-amino-alcohol motifs (C(OH)–C–C–N with tert-alkyl or cyclic N) is 1. The highest BCUT2D eigenvalue weighted by Crippen LogP contribution is 2.22. The lowest BCUT2D eigenvalue weighted by molar-refractivity contribution is 0.0706. The van der Waals surface area contributed by atoms with E-state index in [1.165, 1.54) is 19.3 Å². The van der Waals surface area contributed by atoms with Crippen LogP contribution in [0.15, 0.2) is 11.6 Å². The summed E-state index contributed by atoms with van der Waals surface area (Å²) in [5.41, 5.74) is 0. The standard InChI is InChI=1S/C13H21N3OS/c17-12-9-15(10-13-14-4-7-18-13)8-11(12)16-5-2-1-3-6-16/h4,7,11-12,17H,1-3,5-6,8-10H2/t11-,12-/m0/s1. The molecular weight excluding hydrogens is 246 g/mol. The molecule has 0 unspecified atom stereocenters. The lowest BCUT2D eigenvalue weighted by Gasteiger charge is -2.33. The average molecular weight is 267 g/mol. The maximum absolute atomic E-state index is 10.2. The molecule has 2 saturated heterocycles. The van der Waals surface area contributed by atoms with Crippen LogP contribution in [0.25, 0.3) is 0 Å². The SMILES string of the molecule is O[C@H]1CN(Cc2nccs2)C[C@@H]1N1CCCCC1. The van der Waals surface area contributed by atoms with Gasteiger partial charge in [-0.3, -0.25) is 9.80 Å². The number of piperidine rings is 1. The van der Waals surface area contributed by atoms with Gasteiger partial charge in [0.15, 0.2) is 0 Å². The van der Waals surface area contributed by atoms with Crippen LogP contribution in [0, 0.1) is 0 Å². The van der Waals surface area contributed by atoms with Gasteiger partial charge < -0.3 is 5.11 Å². The molecule has 2 aliphatic heterocycles. The van der Waals surface area contributed by atoms with E-state index in [0.29, 0.717) is 6.04 Å². The Kier molecular flexibility index (Phi) is 3.94. The van der Waals surface area contributed by atoms with Gasteiger partial charge in [-0.1, -0.05) is 6.42 Å². The number of hydrogen-bond acceptors (Lipinski definition) is 5. The van der Waals surface area contributed by atoms with Gasteiger partial charge in [0.2, 0.25) is 0 Å². The van der Waals surface area contributed by atoms with Crippen molar-refractivity contribution in [3.63, 3.8) is 0 Å². The third kappa shape index (κ3) is 2.74. The van der Waals surface area contributed by atoms with Crippen molar-refractivity contribution in [2.75, 3.05) is 26.2 Å². The quantitative estimate of drug-likeness (QED) is 0.892. The van der Waals surface area contributed by atoms with Crippen molar-refractivity contribution in [2.24, 2.45) is 0 Å². The van der Waals surface area contributed by atoms with Crippen molar-refractivity contribution in [3.05, 3.63) is 16.6 Å². The lowest BCUT2D eigenvalue weighted by atomic mass is 10.1. The Hall–Kier alpha value is -0.490. The van der Waals surface area contributed by atoms with Gasteiger partial charge >= 0.3 is 0 Å². The molecule has 3 rings (SSSR count). The van der Waals surface area contributed by atoms with Gasteiger partial charge in [0.05, 0.1) is 12.6 Å². The number of aliphatic hydroxyl groups is 1. The van der Waals surface area contributed by atoms with Gasteiger partial charge in [0.1, 0.15) is 5.01 Å². The predicted molar refractivity (Wildman–Crippen MR) is 72.6 cm³/mol. The summed E-state index contributed by atoms with van der Waals surface area (Å²) in [6.45, 7) is 4.99. The van der Waals surface area contributed by atoms with Crippen LogP contribution in [0.5, 0.6) is 0 Å². The Morgan fingerprint density at radius 2 is 2.11 bits per heavy atom. The van der Waals surface area contributed by atoms with E-state index < -0.39 is 0 Å². The van der Waals surface area contributed by atoms with Crippen LogP contribution in [0.2, 0.25) is 0 Å². The Balaban J connectivity index is 1.57. The third-order valence-corrected chi connectivity index (χ3v) is 4.80. The molecule has 0 spiro atoms. The zero-order valence-electron chi connectivity index (χ0n) is 10.7. The molecule has 3 heterocycles. The average Bonchev–Trinajstić information content (AvgIpc) is 3.01. The van der Waals surface area contributed by atoms with E-state index in [1.807, 2.05) is 11.6 Å². The molecule has 1 aromatic rings. The Labute approximate surface area is 112 Å². The van der Waals surface area contributed by atoms with Crippen LogP contribution in [0.4, 0.5) is 0 Å². The largest absolute Gasteiger partial charge is 0.390 e. The number of hydrogen-bond donors (Lipinski definition) is 1. The topological polar surface area (TPSA) is 39.6 Å². The van der Waals surface area contributed by atoms with E-state index in [0.717, 1.165) is 37.7 Å². The van der Waals surface area contributed by atoms with Crippen LogP contribution < -0.4 is 0 Å². The molecule has 2 aliphatic rings. The summed E-state index contributed by atoms with van der Waals surface area (Å²) in [5, 5.41) is 13.4. The molecule has 0 bridgehead atoms. The summed E-state index contributed by atoms with van der Waals surface area (Å²) in [6, 6.07) is 0.338. The second-order valence-electron chi connectivity index (χ2n) is 5.35. The molecule has 100 valence electrons. The fourth-order valence-corrected chi connectivity index (χ4v) is 3.76. The molecule has 2 fully saturated rings. The minimum atomic E-state index is -0.192. The molecule has 2 atom stereocenters. The molecule has 0 saturated carbocycles. The van der Waals surface area contributed by atoms with E-state index in [2.05, 4.69) is 14.8 Å². The Morgan fingerprint density at radius 1 is 1.28 bits per heavy atom. The van der Waals surface area contributed by atoms with E-state index in [4.69, 9.17) is 0 Å². The molecule has 1 N–H and O–H groups in total. The minimum absolute atomic E-state index is 0.192. The Morgan fingerprint density at radius 3 is 2.83 bits per heavy atom. The molecule has 0 amide bonds. The molecule has 0 aliphatic carbocycles. The predicted octanol–water partition coefficient (Wildman–Crippen LogP) is 1.17. The van der Waals surface area contributed by atoms with Crippen molar-refractivity contribution in [2.45, 2.75) is 38.0 Å². The normalized spacial score (nSPS) is 30.9. The zero-order valence-corrected chi connectivity index (χ0v) is 11.5. The Bertz CT molecular complexity index is 364. The minimum Gasteiger partial charge on any atom is -0.390 e. The van der Waals surface area contributed by atoms with E-state index in [9.17, 15) is 5.11 Å². The maximum Gasteiger partial charge on any atom is 0.107 e. The first-order valence-electron chi connectivity index (χ1n) is 6.86. The highest BCUT2D eigenvalue weighted by atomic mass is 32.1. The van der Waals surface area contributed by atoms with Gasteiger partial charge in [-0.05, 0) is 25.9 Å². The molecule has 1 aromatic heterocycles. The third-order valence-electron chi connectivity index (χ3n) is 4.04. The summed E-state index contributed by atoms with van der Waals surface area (Å²) < 4.78 is 0. The number of likely N-dealkylation sites (tertiary alicyclic amines) is 2. The zero-order chi connectivity index (χ0) is 12.4. The van der Waals surface area contributed by atoms with Crippen molar-refractivity contribution in [1.82, 2.24) is 14.8 Å². The molecule has 0 aromatic carbocycles. The van der Waals surface area contributed by atoms with Crippen molar-refractivity contribution in [1.29, 1.82) is 0 Å². The highest BCUT2D eigenvalue weighted by molar-refractivity contribution is 7.09. The van der Waals surface area contributed by atoms with E-state index in [-0.39, 0.29) is 6.10 Å². The number of aromatic nitrogens is 1. The summed E-state index contributed by atoms with van der Waals surface area (Å²) in [4.78, 5) is 9.14. The maximum atomic E-state index is 10.2. The van der Waals surface area contributed by atoms with Crippen LogP contribution in [0.1, 0.15) is 24.3 Å². The number of rotatable bonds is 3.